The van der Waals surface area contributed by atoms with E-state index in [2.05, 4.69) is 198 Å². The number of nitrogens with zero attached hydrogens (tertiary/aromatic N) is 2. The molecule has 8 aromatic carbocycles. The third-order valence-electron chi connectivity index (χ3n) is 14.6. The fourth-order valence-electron chi connectivity index (χ4n) is 11.5. The summed E-state index contributed by atoms with van der Waals surface area (Å²) in [4.78, 5) is 0. The van der Waals surface area contributed by atoms with Crippen LogP contribution in [0, 0.1) is 0 Å². The van der Waals surface area contributed by atoms with Crippen LogP contribution in [0.5, 0.6) is 0 Å². The zero-order valence-electron chi connectivity index (χ0n) is 36.1. The van der Waals surface area contributed by atoms with Crippen LogP contribution in [-0.4, -0.2) is 9.13 Å². The van der Waals surface area contributed by atoms with Crippen molar-refractivity contribution >= 4 is 115 Å². The molecule has 5 aromatic heterocycles. The van der Waals surface area contributed by atoms with Gasteiger partial charge in [-0.15, -0.1) is 11.3 Å². The molecule has 5 heteroatoms. The van der Waals surface area contributed by atoms with Gasteiger partial charge in [-0.1, -0.05) is 91.9 Å². The minimum atomic E-state index is 0.251. The summed E-state index contributed by atoms with van der Waals surface area (Å²) in [6, 6.07) is 60.3. The highest BCUT2D eigenvalue weighted by molar-refractivity contribution is 7.25. The Hall–Kier alpha value is -7.86. The lowest BCUT2D eigenvalue weighted by Gasteiger charge is -2.19. The van der Waals surface area contributed by atoms with Gasteiger partial charge in [0.15, 0.2) is 0 Å². The summed E-state index contributed by atoms with van der Waals surface area (Å²) in [5, 5.41) is 9.87. The number of allylic oxidation sites excluding steroid dienone is 2. The van der Waals surface area contributed by atoms with E-state index in [0.29, 0.717) is 0 Å². The van der Waals surface area contributed by atoms with E-state index in [-0.39, 0.29) is 5.92 Å². The van der Waals surface area contributed by atoms with Crippen molar-refractivity contribution in [1.82, 2.24) is 9.13 Å². The number of para-hydroxylation sites is 3. The molecule has 13 aromatic rings. The van der Waals surface area contributed by atoms with E-state index in [1.807, 2.05) is 11.3 Å². The van der Waals surface area contributed by atoms with E-state index >= 15 is 0 Å². The normalized spacial score (nSPS) is 15.0. The maximum Gasteiger partial charge on any atom is 0.135 e. The van der Waals surface area contributed by atoms with Crippen LogP contribution in [0.4, 0.5) is 0 Å². The van der Waals surface area contributed by atoms with Gasteiger partial charge in [-0.05, 0) is 139 Å². The summed E-state index contributed by atoms with van der Waals surface area (Å²) in [5.74, 6) is 1.33. The average Bonchev–Trinajstić information content (AvgIpc) is 4.18. The highest BCUT2D eigenvalue weighted by Gasteiger charge is 2.26. The Balaban J connectivity index is 0.821. The number of hydrogen-bond donors (Lipinski definition) is 0. The van der Waals surface area contributed by atoms with Gasteiger partial charge in [0, 0.05) is 86.6 Å². The molecule has 0 bridgehead atoms. The van der Waals surface area contributed by atoms with Crippen LogP contribution < -0.4 is 0 Å². The molecule has 0 saturated carbocycles. The van der Waals surface area contributed by atoms with Crippen molar-refractivity contribution in [3.05, 3.63) is 198 Å². The van der Waals surface area contributed by atoms with Crippen molar-refractivity contribution in [3.63, 3.8) is 0 Å². The van der Waals surface area contributed by atoms with Crippen molar-refractivity contribution in [1.29, 1.82) is 0 Å². The van der Waals surface area contributed by atoms with Crippen molar-refractivity contribution in [2.24, 2.45) is 0 Å². The predicted octanol–water partition coefficient (Wildman–Crippen LogP) is 17.4. The molecule has 0 amide bonds. The van der Waals surface area contributed by atoms with Crippen LogP contribution in [0.2, 0.25) is 0 Å². The van der Waals surface area contributed by atoms with Crippen molar-refractivity contribution in [2.75, 3.05) is 0 Å². The quantitative estimate of drug-likeness (QED) is 0.177. The van der Waals surface area contributed by atoms with Crippen LogP contribution in [0.1, 0.15) is 53.8 Å². The Morgan fingerprint density at radius 3 is 1.79 bits per heavy atom. The summed E-state index contributed by atoms with van der Waals surface area (Å²) in [7, 11) is 0. The van der Waals surface area contributed by atoms with E-state index in [0.717, 1.165) is 63.6 Å². The lowest BCUT2D eigenvalue weighted by Crippen LogP contribution is -2.02. The van der Waals surface area contributed by atoms with Crippen LogP contribution in [0.15, 0.2) is 179 Å². The Bertz CT molecular complexity index is 4240. The molecule has 0 saturated heterocycles. The van der Waals surface area contributed by atoms with Gasteiger partial charge >= 0.3 is 0 Å². The Kier molecular flexibility index (Phi) is 7.51. The minimum Gasteiger partial charge on any atom is -0.460 e. The second-order valence-corrected chi connectivity index (χ2v) is 19.5. The zero-order chi connectivity index (χ0) is 43.2. The molecule has 66 heavy (non-hydrogen) atoms. The first-order chi connectivity index (χ1) is 32.6. The number of rotatable bonds is 4. The molecule has 312 valence electrons. The molecule has 0 aliphatic heterocycles. The first kappa shape index (κ1) is 36.5. The third-order valence-corrected chi connectivity index (χ3v) is 15.8. The molecule has 2 aliphatic rings. The van der Waals surface area contributed by atoms with Gasteiger partial charge in [-0.2, -0.15) is 0 Å². The lowest BCUT2D eigenvalue weighted by atomic mass is 9.85. The molecule has 0 radical (unpaired) electrons. The summed E-state index contributed by atoms with van der Waals surface area (Å²) >= 11 is 1.87. The highest BCUT2D eigenvalue weighted by atomic mass is 32.1. The first-order valence-electron chi connectivity index (χ1n) is 23.1. The third kappa shape index (κ3) is 5.20. The van der Waals surface area contributed by atoms with E-state index in [9.17, 15) is 0 Å². The number of furan rings is 2. The largest absolute Gasteiger partial charge is 0.460 e. The number of fused-ring (bicyclic) bond motifs is 15. The fourth-order valence-corrected chi connectivity index (χ4v) is 12.6. The van der Waals surface area contributed by atoms with Crippen molar-refractivity contribution in [2.45, 2.75) is 32.1 Å². The van der Waals surface area contributed by atoms with E-state index in [1.54, 1.807) is 0 Å². The van der Waals surface area contributed by atoms with Crippen LogP contribution in [0.3, 0.4) is 0 Å². The van der Waals surface area contributed by atoms with Gasteiger partial charge in [0.05, 0.1) is 16.6 Å². The Labute approximate surface area is 383 Å². The second-order valence-electron chi connectivity index (χ2n) is 18.4. The zero-order valence-corrected chi connectivity index (χ0v) is 37.0. The fraction of sp³-hybridized carbons (Fsp3) is 0.0820. The maximum absolute atomic E-state index is 6.65. The lowest BCUT2D eigenvalue weighted by molar-refractivity contribution is 0.506. The van der Waals surface area contributed by atoms with Crippen molar-refractivity contribution in [3.8, 4) is 22.5 Å². The van der Waals surface area contributed by atoms with Gasteiger partial charge < -0.3 is 18.0 Å². The van der Waals surface area contributed by atoms with Gasteiger partial charge in [-0.25, -0.2) is 0 Å². The molecule has 4 nitrogen and oxygen atoms in total. The molecular formula is C61H40N2O2S. The van der Waals surface area contributed by atoms with E-state index in [4.69, 9.17) is 8.83 Å². The van der Waals surface area contributed by atoms with Crippen LogP contribution >= 0.6 is 11.3 Å². The van der Waals surface area contributed by atoms with E-state index in [1.165, 1.54) is 97.7 Å². The molecule has 1 unspecified atom stereocenters. The van der Waals surface area contributed by atoms with Crippen LogP contribution in [-0.2, 0) is 6.42 Å². The highest BCUT2D eigenvalue weighted by Crippen LogP contribution is 2.46. The number of benzene rings is 8. The summed E-state index contributed by atoms with van der Waals surface area (Å²) in [5.41, 5.74) is 17.7. The molecule has 1 atom stereocenters. The second kappa shape index (κ2) is 13.6. The number of aromatic nitrogens is 2. The summed E-state index contributed by atoms with van der Waals surface area (Å²) in [6.45, 7) is 2.31. The van der Waals surface area contributed by atoms with Crippen LogP contribution in [0.25, 0.3) is 126 Å². The standard InChI is InChI=1S/C61H40N2O2S/c1-35-28-39(32-51-48-34-41(22-25-58(48)65-61(35)51)63-54-16-8-4-12-44(54)45-13-5-9-17-55(45)63)38-20-27-60-50(31-38)49-30-37(19-26-59(49)66-60)36-18-23-56-46(29-36)47-33-40(21-24-57(47)64-56)62-52-14-6-2-10-42(52)43-11-3-7-15-53(43)62/h2-6,8-14,16-27,29-35H,7,15,28H2,1H3. The van der Waals surface area contributed by atoms with Gasteiger partial charge in [0.2, 0.25) is 0 Å². The number of thiophene rings is 1. The topological polar surface area (TPSA) is 36.1 Å². The minimum absolute atomic E-state index is 0.251. The molecular weight excluding hydrogens is 825 g/mol. The van der Waals surface area contributed by atoms with Gasteiger partial charge in [-0.3, -0.25) is 0 Å². The summed E-state index contributed by atoms with van der Waals surface area (Å²) in [6.07, 6.45) is 10.0. The average molecular weight is 865 g/mol. The molecule has 15 rings (SSSR count). The Morgan fingerprint density at radius 1 is 0.485 bits per heavy atom. The van der Waals surface area contributed by atoms with Crippen molar-refractivity contribution < 1.29 is 8.83 Å². The van der Waals surface area contributed by atoms with Gasteiger partial charge in [0.1, 0.15) is 22.5 Å². The predicted molar refractivity (Wildman–Crippen MR) is 278 cm³/mol. The summed E-state index contributed by atoms with van der Waals surface area (Å²) < 4.78 is 20.6. The van der Waals surface area contributed by atoms with Gasteiger partial charge in [0.25, 0.3) is 0 Å². The maximum atomic E-state index is 6.65. The number of hydrogen-bond acceptors (Lipinski definition) is 3. The SMILES string of the molecule is CC1CC(c2ccc3sc4ccc(-c5ccc6oc7ccc(-n8c9c(c%10ccccc%108)C=CCC9)cc7c6c5)cc4c3c2)=Cc2c1oc1ccc(-n3c4ccccc4c4ccccc43)cc21. The molecule has 0 spiro atoms. The first-order valence-corrected chi connectivity index (χ1v) is 23.9. The molecule has 5 heterocycles. The molecule has 0 fully saturated rings. The van der Waals surface area contributed by atoms with E-state index < -0.39 is 0 Å². The Morgan fingerprint density at radius 2 is 1.05 bits per heavy atom. The monoisotopic (exact) mass is 864 g/mol. The smallest absolute Gasteiger partial charge is 0.135 e. The molecule has 2 aliphatic carbocycles. The molecule has 0 N–H and O–H groups in total.